The maximum absolute atomic E-state index is 12.3. The lowest BCUT2D eigenvalue weighted by molar-refractivity contribution is -0.123. The topological polar surface area (TPSA) is 69.6 Å². The van der Waals surface area contributed by atoms with E-state index in [1.807, 2.05) is 0 Å². The van der Waals surface area contributed by atoms with E-state index in [0.717, 1.165) is 109 Å². The van der Waals surface area contributed by atoms with Gasteiger partial charge in [0.2, 0.25) is 5.91 Å². The molecule has 0 radical (unpaired) electrons. The first-order chi connectivity index (χ1) is 27.2. The van der Waals surface area contributed by atoms with Crippen LogP contribution >= 0.6 is 0 Å². The molecule has 308 valence electrons. The Morgan fingerprint density at radius 1 is 0.455 bits per heavy atom. The molecule has 55 heavy (non-hydrogen) atoms. The van der Waals surface area contributed by atoms with E-state index in [9.17, 15) is 15.0 Å². The fourth-order valence-electron chi connectivity index (χ4n) is 5.60. The van der Waals surface area contributed by atoms with Crippen LogP contribution < -0.4 is 5.32 Å². The van der Waals surface area contributed by atoms with Gasteiger partial charge < -0.3 is 15.5 Å². The third-order valence-electron chi connectivity index (χ3n) is 8.93. The molecule has 0 aliphatic carbocycles. The van der Waals surface area contributed by atoms with E-state index in [1.165, 1.54) is 25.7 Å². The van der Waals surface area contributed by atoms with E-state index < -0.39 is 12.1 Å². The fourth-order valence-corrected chi connectivity index (χ4v) is 5.60. The second kappa shape index (κ2) is 44.9. The molecule has 0 aliphatic heterocycles. The summed E-state index contributed by atoms with van der Waals surface area (Å²) >= 11 is 0. The standard InChI is InChI=1S/C51H81NO3/c1-3-5-7-9-11-12-13-14-15-16-17-18-19-20-21-22-23-24-25-26-27-28-29-30-31-32-33-34-35-36-37-38-39-40-41-43-45-47-51(55)52-49(48-53)50(54)46-44-42-10-8-6-4-2/h5,7,11-12,14-15,17-18,20-21,23-24,26-27,29-30,32-33,35-36,38-39,49-50,53-54H,3-4,6,8-10,13,16,19,22,25,28,31,34,37,40-48H2,1-2H3,(H,52,55)/b7-5-,12-11-,15-14-,18-17-,21-20-,24-23-,27-26-,30-29-,33-32-,36-35-,39-38-. The highest BCUT2D eigenvalue weighted by Crippen LogP contribution is 2.11. The van der Waals surface area contributed by atoms with Crippen LogP contribution in [0.4, 0.5) is 0 Å². The van der Waals surface area contributed by atoms with Gasteiger partial charge in [-0.2, -0.15) is 0 Å². The number of hydrogen-bond acceptors (Lipinski definition) is 3. The number of rotatable bonds is 37. The Balaban J connectivity index is 3.71. The summed E-state index contributed by atoms with van der Waals surface area (Å²) in [6.45, 7) is 4.14. The van der Waals surface area contributed by atoms with E-state index in [0.29, 0.717) is 12.8 Å². The molecule has 0 aromatic heterocycles. The average molecular weight is 756 g/mol. The Bertz CT molecular complexity index is 1180. The number of allylic oxidation sites excluding steroid dienone is 22. The van der Waals surface area contributed by atoms with Crippen molar-refractivity contribution in [2.24, 2.45) is 0 Å². The molecular formula is C51H81NO3. The summed E-state index contributed by atoms with van der Waals surface area (Å²) in [5.41, 5.74) is 0. The summed E-state index contributed by atoms with van der Waals surface area (Å²) in [6, 6.07) is -0.560. The molecule has 0 aliphatic rings. The Morgan fingerprint density at radius 3 is 1.18 bits per heavy atom. The highest BCUT2D eigenvalue weighted by Gasteiger charge is 2.19. The molecule has 4 nitrogen and oxygen atoms in total. The lowest BCUT2D eigenvalue weighted by Gasteiger charge is -2.22. The van der Waals surface area contributed by atoms with Gasteiger partial charge in [0.25, 0.3) is 0 Å². The highest BCUT2D eigenvalue weighted by atomic mass is 16.3. The van der Waals surface area contributed by atoms with Crippen LogP contribution in [0.15, 0.2) is 134 Å². The molecule has 0 fully saturated rings. The Labute approximate surface area is 339 Å². The SMILES string of the molecule is CC/C=C\C/C=C\C/C=C\C/C=C\C/C=C\C/C=C\C/C=C\C/C=C\C/C=C\C/C=C\C/C=C\CCCCCC(=O)NC(CO)C(O)CCCCCCCC. The van der Waals surface area contributed by atoms with Gasteiger partial charge in [-0.1, -0.05) is 192 Å². The van der Waals surface area contributed by atoms with Crippen molar-refractivity contribution in [2.45, 2.75) is 174 Å². The number of hydrogen-bond donors (Lipinski definition) is 3. The number of aliphatic hydroxyl groups is 2. The van der Waals surface area contributed by atoms with Crippen LogP contribution in [0.1, 0.15) is 162 Å². The van der Waals surface area contributed by atoms with Crippen molar-refractivity contribution in [1.29, 1.82) is 0 Å². The number of carbonyl (C=O) groups is 1. The predicted octanol–water partition coefficient (Wildman–Crippen LogP) is 14.0. The van der Waals surface area contributed by atoms with Crippen molar-refractivity contribution in [1.82, 2.24) is 5.32 Å². The Hall–Kier alpha value is -3.47. The van der Waals surface area contributed by atoms with Crippen LogP contribution in [-0.4, -0.2) is 34.9 Å². The summed E-state index contributed by atoms with van der Waals surface area (Å²) in [5, 5.41) is 22.8. The Kier molecular flexibility index (Phi) is 42.1. The van der Waals surface area contributed by atoms with E-state index in [1.54, 1.807) is 0 Å². The van der Waals surface area contributed by atoms with E-state index in [4.69, 9.17) is 0 Å². The number of amides is 1. The third kappa shape index (κ3) is 41.5. The minimum atomic E-state index is -0.679. The lowest BCUT2D eigenvalue weighted by Crippen LogP contribution is -2.45. The van der Waals surface area contributed by atoms with Gasteiger partial charge in [-0.15, -0.1) is 0 Å². The highest BCUT2D eigenvalue weighted by molar-refractivity contribution is 5.76. The molecule has 0 saturated carbocycles. The maximum Gasteiger partial charge on any atom is 0.220 e. The first-order valence-electron chi connectivity index (χ1n) is 21.9. The summed E-state index contributed by atoms with van der Waals surface area (Å²) in [6.07, 6.45) is 71.2. The molecule has 0 saturated heterocycles. The van der Waals surface area contributed by atoms with Gasteiger partial charge in [0, 0.05) is 6.42 Å². The van der Waals surface area contributed by atoms with Crippen molar-refractivity contribution >= 4 is 5.91 Å². The van der Waals surface area contributed by atoms with Crippen molar-refractivity contribution in [2.75, 3.05) is 6.61 Å². The minimum Gasteiger partial charge on any atom is -0.394 e. The minimum absolute atomic E-state index is 0.0765. The summed E-state index contributed by atoms with van der Waals surface area (Å²) < 4.78 is 0. The van der Waals surface area contributed by atoms with Gasteiger partial charge in [0.1, 0.15) is 0 Å². The monoisotopic (exact) mass is 756 g/mol. The normalized spacial score (nSPS) is 14.3. The van der Waals surface area contributed by atoms with Crippen molar-refractivity contribution in [3.63, 3.8) is 0 Å². The smallest absolute Gasteiger partial charge is 0.220 e. The van der Waals surface area contributed by atoms with Crippen LogP contribution in [0.3, 0.4) is 0 Å². The number of nitrogens with one attached hydrogen (secondary N) is 1. The van der Waals surface area contributed by atoms with Gasteiger partial charge >= 0.3 is 0 Å². The van der Waals surface area contributed by atoms with Gasteiger partial charge in [0.05, 0.1) is 18.8 Å². The Morgan fingerprint density at radius 2 is 0.800 bits per heavy atom. The zero-order chi connectivity index (χ0) is 40.0. The van der Waals surface area contributed by atoms with E-state index >= 15 is 0 Å². The molecule has 3 N–H and O–H groups in total. The van der Waals surface area contributed by atoms with Crippen LogP contribution in [0, 0.1) is 0 Å². The summed E-state index contributed by atoms with van der Waals surface area (Å²) in [4.78, 5) is 12.3. The number of carbonyl (C=O) groups excluding carboxylic acids is 1. The molecule has 2 atom stereocenters. The van der Waals surface area contributed by atoms with Gasteiger partial charge in [-0.05, 0) is 96.3 Å². The quantitative estimate of drug-likeness (QED) is 0.0437. The lowest BCUT2D eigenvalue weighted by atomic mass is 10.0. The molecule has 1 amide bonds. The van der Waals surface area contributed by atoms with Crippen LogP contribution in [0.5, 0.6) is 0 Å². The molecule has 0 rings (SSSR count). The van der Waals surface area contributed by atoms with Gasteiger partial charge in [-0.3, -0.25) is 4.79 Å². The van der Waals surface area contributed by atoms with Gasteiger partial charge in [-0.25, -0.2) is 0 Å². The molecule has 0 aromatic carbocycles. The number of aliphatic hydroxyl groups excluding tert-OH is 2. The predicted molar refractivity (Wildman–Crippen MR) is 243 cm³/mol. The van der Waals surface area contributed by atoms with Crippen LogP contribution in [0.2, 0.25) is 0 Å². The molecule has 0 spiro atoms. The summed E-state index contributed by atoms with van der Waals surface area (Å²) in [7, 11) is 0. The third-order valence-corrected chi connectivity index (χ3v) is 8.93. The van der Waals surface area contributed by atoms with Crippen molar-refractivity contribution < 1.29 is 15.0 Å². The second-order valence-electron chi connectivity index (χ2n) is 14.0. The van der Waals surface area contributed by atoms with E-state index in [2.05, 4.69) is 153 Å². The molecule has 2 unspecified atom stereocenters. The average Bonchev–Trinajstić information content (AvgIpc) is 3.19. The fraction of sp³-hybridized carbons (Fsp3) is 0.549. The van der Waals surface area contributed by atoms with Crippen molar-refractivity contribution in [3.8, 4) is 0 Å². The second-order valence-corrected chi connectivity index (χ2v) is 14.0. The number of unbranched alkanes of at least 4 members (excludes halogenated alkanes) is 8. The maximum atomic E-state index is 12.3. The first-order valence-corrected chi connectivity index (χ1v) is 21.9. The first kappa shape index (κ1) is 51.5. The zero-order valence-electron chi connectivity index (χ0n) is 35.1. The molecule has 0 aromatic rings. The largest absolute Gasteiger partial charge is 0.394 e. The summed E-state index contributed by atoms with van der Waals surface area (Å²) in [5.74, 6) is -0.0765. The van der Waals surface area contributed by atoms with Crippen LogP contribution in [0.25, 0.3) is 0 Å². The molecular weight excluding hydrogens is 675 g/mol. The molecule has 4 heteroatoms. The zero-order valence-corrected chi connectivity index (χ0v) is 35.1. The van der Waals surface area contributed by atoms with E-state index in [-0.39, 0.29) is 12.5 Å². The van der Waals surface area contributed by atoms with Crippen molar-refractivity contribution in [3.05, 3.63) is 134 Å². The molecule has 0 heterocycles. The van der Waals surface area contributed by atoms with Gasteiger partial charge in [0.15, 0.2) is 0 Å². The molecule has 0 bridgehead atoms. The van der Waals surface area contributed by atoms with Crippen LogP contribution in [-0.2, 0) is 4.79 Å².